The minimum atomic E-state index is -1.28. The lowest BCUT2D eigenvalue weighted by Crippen LogP contribution is -2.48. The molecule has 7 rings (SSSR count). The third-order valence-corrected chi connectivity index (χ3v) is 7.81. The number of hydrogen-bond acceptors (Lipinski definition) is 6. The summed E-state index contributed by atoms with van der Waals surface area (Å²) in [5.41, 5.74) is 3.59. The van der Waals surface area contributed by atoms with Crippen LogP contribution in [0, 0.1) is 0 Å². The van der Waals surface area contributed by atoms with E-state index >= 15 is 0 Å². The molecule has 1 aliphatic heterocycles. The van der Waals surface area contributed by atoms with Crippen LogP contribution in [0.5, 0.6) is 0 Å². The number of fused-ring (bicyclic) bond motifs is 10. The van der Waals surface area contributed by atoms with Crippen LogP contribution in [-0.2, 0) is 9.53 Å². The molecule has 1 saturated carbocycles. The maximum absolute atomic E-state index is 13.2. The average molecular weight is 498 g/mol. The molecule has 37 heavy (non-hydrogen) atoms. The number of esters is 1. The van der Waals surface area contributed by atoms with E-state index in [4.69, 9.17) is 4.74 Å². The molecule has 5 aromatic rings. The van der Waals surface area contributed by atoms with Gasteiger partial charge >= 0.3 is 5.97 Å². The highest BCUT2D eigenvalue weighted by Gasteiger charge is 2.43. The number of nitrogens with zero attached hydrogens (tertiary/aromatic N) is 1. The number of benzene rings is 3. The summed E-state index contributed by atoms with van der Waals surface area (Å²) >= 11 is 0. The zero-order chi connectivity index (χ0) is 25.6. The van der Waals surface area contributed by atoms with E-state index in [1.807, 2.05) is 53.1 Å². The number of rotatable bonds is 2. The number of nitrogens with one attached hydrogen (secondary N) is 2. The summed E-state index contributed by atoms with van der Waals surface area (Å²) in [7, 11) is 0. The summed E-state index contributed by atoms with van der Waals surface area (Å²) in [6, 6.07) is 14.6. The number of aromatic nitrogens is 2. The number of aliphatic hydroxyl groups excluding tert-OH is 2. The topological polar surface area (TPSA) is 134 Å². The van der Waals surface area contributed by atoms with E-state index in [0.717, 1.165) is 21.8 Å². The number of amides is 2. The summed E-state index contributed by atoms with van der Waals surface area (Å²) < 4.78 is 7.23. The first-order valence-electron chi connectivity index (χ1n) is 12.2. The molecule has 2 aliphatic rings. The van der Waals surface area contributed by atoms with Gasteiger partial charge in [-0.3, -0.25) is 19.7 Å². The highest BCUT2D eigenvalue weighted by molar-refractivity contribution is 6.39. The first kappa shape index (κ1) is 22.0. The van der Waals surface area contributed by atoms with Crippen molar-refractivity contribution in [2.24, 2.45) is 0 Å². The predicted molar refractivity (Wildman–Crippen MR) is 136 cm³/mol. The van der Waals surface area contributed by atoms with Crippen LogP contribution >= 0.6 is 0 Å². The van der Waals surface area contributed by atoms with Gasteiger partial charge in [0.15, 0.2) is 0 Å². The largest absolute Gasteiger partial charge is 0.460 e. The average Bonchev–Trinajstić information content (AvgIpc) is 3.51. The molecule has 0 bridgehead atoms. The van der Waals surface area contributed by atoms with Crippen molar-refractivity contribution >= 4 is 61.4 Å². The Hall–Kier alpha value is -4.21. The van der Waals surface area contributed by atoms with Gasteiger partial charge in [0.2, 0.25) is 0 Å². The lowest BCUT2D eigenvalue weighted by molar-refractivity contribution is -0.165. The van der Waals surface area contributed by atoms with Gasteiger partial charge in [-0.25, -0.2) is 0 Å². The number of aromatic amines is 1. The van der Waals surface area contributed by atoms with Crippen molar-refractivity contribution in [1.82, 2.24) is 14.9 Å². The molecule has 2 amide bonds. The summed E-state index contributed by atoms with van der Waals surface area (Å²) in [6.45, 7) is 1.28. The van der Waals surface area contributed by atoms with Crippen LogP contribution < -0.4 is 5.32 Å². The second kappa shape index (κ2) is 7.64. The Bertz CT molecular complexity index is 1820. The molecule has 3 heterocycles. The van der Waals surface area contributed by atoms with Crippen molar-refractivity contribution in [2.45, 2.75) is 44.1 Å². The summed E-state index contributed by atoms with van der Waals surface area (Å²) in [5, 5.41) is 27.5. The van der Waals surface area contributed by atoms with Gasteiger partial charge in [-0.1, -0.05) is 36.4 Å². The van der Waals surface area contributed by atoms with Crippen molar-refractivity contribution in [2.75, 3.05) is 0 Å². The Labute approximate surface area is 209 Å². The Morgan fingerprint density at radius 1 is 0.919 bits per heavy atom. The van der Waals surface area contributed by atoms with Crippen LogP contribution in [0.15, 0.2) is 48.5 Å². The predicted octanol–water partition coefficient (Wildman–Crippen LogP) is 3.30. The van der Waals surface area contributed by atoms with Gasteiger partial charge in [0, 0.05) is 39.5 Å². The van der Waals surface area contributed by atoms with Gasteiger partial charge in [0.05, 0.1) is 28.2 Å². The van der Waals surface area contributed by atoms with Gasteiger partial charge in [-0.15, -0.1) is 0 Å². The number of ether oxygens (including phenoxy) is 1. The molecule has 4 atom stereocenters. The SMILES string of the molecule is CC(=O)O[C@@H]1CCC(n2c3ccccc3c3c4c(c5c6ccccc6[nH]c5c32)C(=O)NC4=O)[C@H](O)[C@@H]1O. The van der Waals surface area contributed by atoms with Crippen LogP contribution in [0.3, 0.4) is 0 Å². The molecular formula is C28H23N3O6. The lowest BCUT2D eigenvalue weighted by Gasteiger charge is -2.38. The minimum absolute atomic E-state index is 0.316. The minimum Gasteiger partial charge on any atom is -0.460 e. The van der Waals surface area contributed by atoms with Crippen LogP contribution in [0.2, 0.25) is 0 Å². The molecule has 0 radical (unpaired) electrons. The van der Waals surface area contributed by atoms with Crippen LogP contribution in [0.4, 0.5) is 0 Å². The molecular weight excluding hydrogens is 474 g/mol. The van der Waals surface area contributed by atoms with E-state index in [2.05, 4.69) is 10.3 Å². The third kappa shape index (κ3) is 2.89. The summed E-state index contributed by atoms with van der Waals surface area (Å²) in [4.78, 5) is 41.3. The second-order valence-electron chi connectivity index (χ2n) is 9.84. The number of H-pyrrole nitrogens is 1. The van der Waals surface area contributed by atoms with Crippen molar-refractivity contribution < 1.29 is 29.3 Å². The Kier molecular flexibility index (Phi) is 4.55. The van der Waals surface area contributed by atoms with Crippen molar-refractivity contribution in [3.8, 4) is 0 Å². The molecule has 9 nitrogen and oxygen atoms in total. The third-order valence-electron chi connectivity index (χ3n) is 7.81. The monoisotopic (exact) mass is 497 g/mol. The van der Waals surface area contributed by atoms with Gasteiger partial charge in [0.25, 0.3) is 11.8 Å². The van der Waals surface area contributed by atoms with Crippen LogP contribution in [-0.4, -0.2) is 55.9 Å². The summed E-state index contributed by atoms with van der Waals surface area (Å²) in [6.07, 6.45) is -2.54. The van der Waals surface area contributed by atoms with Gasteiger partial charge in [0.1, 0.15) is 18.3 Å². The number of para-hydroxylation sites is 2. The molecule has 0 spiro atoms. The van der Waals surface area contributed by atoms with E-state index < -0.39 is 42.1 Å². The van der Waals surface area contributed by atoms with E-state index in [0.29, 0.717) is 45.8 Å². The molecule has 186 valence electrons. The second-order valence-corrected chi connectivity index (χ2v) is 9.84. The zero-order valence-electron chi connectivity index (χ0n) is 19.8. The Morgan fingerprint density at radius 3 is 2.35 bits per heavy atom. The fraction of sp³-hybridized carbons (Fsp3) is 0.250. The molecule has 1 unspecified atom stereocenters. The molecule has 1 aliphatic carbocycles. The Morgan fingerprint density at radius 2 is 1.59 bits per heavy atom. The number of carbonyl (C=O) groups is 3. The highest BCUT2D eigenvalue weighted by atomic mass is 16.6. The molecule has 0 saturated heterocycles. The zero-order valence-corrected chi connectivity index (χ0v) is 19.8. The van der Waals surface area contributed by atoms with Crippen molar-refractivity contribution in [3.05, 3.63) is 59.7 Å². The van der Waals surface area contributed by atoms with Crippen molar-refractivity contribution in [1.29, 1.82) is 0 Å². The maximum atomic E-state index is 13.2. The fourth-order valence-corrected chi connectivity index (χ4v) is 6.37. The molecule has 1 fully saturated rings. The number of imide groups is 1. The fourth-order valence-electron chi connectivity index (χ4n) is 6.37. The van der Waals surface area contributed by atoms with Crippen molar-refractivity contribution in [3.63, 3.8) is 0 Å². The number of carbonyl (C=O) groups excluding carboxylic acids is 3. The van der Waals surface area contributed by atoms with Crippen LogP contribution in [0.1, 0.15) is 46.5 Å². The Balaban J connectivity index is 1.61. The smallest absolute Gasteiger partial charge is 0.302 e. The highest BCUT2D eigenvalue weighted by Crippen LogP contribution is 2.46. The van der Waals surface area contributed by atoms with E-state index in [1.165, 1.54) is 6.92 Å². The lowest BCUT2D eigenvalue weighted by atomic mass is 9.87. The van der Waals surface area contributed by atoms with E-state index in [-0.39, 0.29) is 0 Å². The molecule has 3 aromatic carbocycles. The van der Waals surface area contributed by atoms with Crippen LogP contribution in [0.25, 0.3) is 43.6 Å². The molecule has 9 heteroatoms. The van der Waals surface area contributed by atoms with Gasteiger partial charge < -0.3 is 24.5 Å². The summed E-state index contributed by atoms with van der Waals surface area (Å²) in [5.74, 6) is -1.41. The maximum Gasteiger partial charge on any atom is 0.302 e. The molecule has 4 N–H and O–H groups in total. The van der Waals surface area contributed by atoms with Gasteiger partial charge in [-0.05, 0) is 25.0 Å². The normalized spacial score (nSPS) is 23.8. The first-order chi connectivity index (χ1) is 17.9. The van der Waals surface area contributed by atoms with E-state index in [1.54, 1.807) is 0 Å². The number of hydrogen-bond donors (Lipinski definition) is 4. The van der Waals surface area contributed by atoms with Gasteiger partial charge in [-0.2, -0.15) is 0 Å². The number of aliphatic hydroxyl groups is 2. The standard InChI is InChI=1S/C28H23N3O6/c1-12(32)37-18-11-10-17(25(33)26(18)34)31-16-9-5-3-7-14(16)20-22-21(27(35)30-28(22)36)19-13-6-2-4-8-15(13)29-23(19)24(20)31/h2-9,17-18,25-26,29,33-34H,10-11H2,1H3,(H,30,35,36)/t17?,18-,25+,26-/m1/s1. The first-order valence-corrected chi connectivity index (χ1v) is 12.2. The quantitative estimate of drug-likeness (QED) is 0.218. The molecule has 2 aromatic heterocycles. The van der Waals surface area contributed by atoms with E-state index in [9.17, 15) is 24.6 Å².